The Labute approximate surface area is 337 Å². The first-order valence-electron chi connectivity index (χ1n) is 20.3. The van der Waals surface area contributed by atoms with Crippen molar-refractivity contribution < 1.29 is 55.0 Å². The molecule has 16 heteroatoms. The molecule has 0 bridgehead atoms. The Balaban J connectivity index is 1.34. The molecule has 1 saturated heterocycles. The van der Waals surface area contributed by atoms with Gasteiger partial charge in [-0.05, 0) is 82.6 Å². The summed E-state index contributed by atoms with van der Waals surface area (Å²) >= 11 is 0. The van der Waals surface area contributed by atoms with E-state index in [1.807, 2.05) is 50.3 Å². The van der Waals surface area contributed by atoms with Gasteiger partial charge in [-0.1, -0.05) is 51.1 Å². The van der Waals surface area contributed by atoms with E-state index in [4.69, 9.17) is 14.2 Å². The fourth-order valence-electron chi connectivity index (χ4n) is 8.30. The van der Waals surface area contributed by atoms with Crippen LogP contribution in [0, 0.1) is 29.1 Å². The molecule has 2 aliphatic carbocycles. The van der Waals surface area contributed by atoms with Gasteiger partial charge in [0.05, 0.1) is 47.9 Å². The van der Waals surface area contributed by atoms with Crippen LogP contribution < -0.4 is 14.2 Å². The predicted octanol–water partition coefficient (Wildman–Crippen LogP) is 6.85. The summed E-state index contributed by atoms with van der Waals surface area (Å²) in [5, 5.41) is 1.38. The Hall–Kier alpha value is -4.21. The van der Waals surface area contributed by atoms with Gasteiger partial charge in [0.15, 0.2) is 11.9 Å². The number of carbonyl (C=O) groups excluding carboxylic acids is 4. The number of alkyl halides is 3. The molecule has 1 N–H and O–H groups in total. The van der Waals surface area contributed by atoms with Gasteiger partial charge in [-0.3, -0.25) is 23.9 Å². The second-order valence-electron chi connectivity index (χ2n) is 17.1. The van der Waals surface area contributed by atoms with Crippen molar-refractivity contribution in [2.75, 3.05) is 13.2 Å². The molecule has 0 radical (unpaired) electrons. The van der Waals surface area contributed by atoms with Crippen molar-refractivity contribution in [1.82, 2.24) is 14.6 Å². The molecule has 0 unspecified atom stereocenters. The maximum absolute atomic E-state index is 14.8. The lowest BCUT2D eigenvalue weighted by Crippen LogP contribution is -2.48. The summed E-state index contributed by atoms with van der Waals surface area (Å²) in [6.07, 6.45) is -0.152. The van der Waals surface area contributed by atoms with Crippen molar-refractivity contribution in [1.29, 1.82) is 0 Å². The minimum absolute atomic E-state index is 0.0176. The molecule has 1 aromatic carbocycles. The van der Waals surface area contributed by atoms with Crippen LogP contribution in [0.5, 0.6) is 11.6 Å². The highest BCUT2D eigenvalue weighted by atomic mass is 32.2. The Morgan fingerprint density at radius 3 is 2.48 bits per heavy atom. The molecular formula is C42H54F3N3O9S. The number of halogens is 3. The lowest BCUT2D eigenvalue weighted by atomic mass is 9.82. The molecule has 2 aromatic rings. The number of Topliss-reactive ketones (excluding diaryl/α,β-unsaturated/α-hetero) is 1. The van der Waals surface area contributed by atoms with E-state index in [-0.39, 0.29) is 37.6 Å². The van der Waals surface area contributed by atoms with Gasteiger partial charge in [-0.25, -0.2) is 13.4 Å². The third-order valence-corrected chi connectivity index (χ3v) is 14.6. The summed E-state index contributed by atoms with van der Waals surface area (Å²) in [7, 11) is -4.03. The molecule has 2 saturated carbocycles. The van der Waals surface area contributed by atoms with E-state index in [1.165, 1.54) is 4.90 Å². The van der Waals surface area contributed by atoms with Crippen molar-refractivity contribution in [3.8, 4) is 11.6 Å². The average Bonchev–Trinajstić information content (AvgIpc) is 4.04. The predicted molar refractivity (Wildman–Crippen MR) is 208 cm³/mol. The van der Waals surface area contributed by atoms with Gasteiger partial charge in [0.1, 0.15) is 11.9 Å². The van der Waals surface area contributed by atoms with Gasteiger partial charge >= 0.3 is 12.1 Å². The van der Waals surface area contributed by atoms with Gasteiger partial charge in [0, 0.05) is 23.6 Å². The monoisotopic (exact) mass is 833 g/mol. The van der Waals surface area contributed by atoms with Crippen LogP contribution in [0.15, 0.2) is 42.6 Å². The molecule has 12 nitrogen and oxygen atoms in total. The van der Waals surface area contributed by atoms with Gasteiger partial charge in [-0.15, -0.1) is 0 Å². The number of sulfonamides is 1. The number of ketones is 1. The number of allylic oxidation sites excluding steroid dienone is 2. The fourth-order valence-corrected chi connectivity index (χ4v) is 9.63. The second kappa shape index (κ2) is 16.8. The smallest absolute Gasteiger partial charge is 0.425 e. The average molecular weight is 834 g/mol. The summed E-state index contributed by atoms with van der Waals surface area (Å²) in [5.41, 5.74) is -1.37. The Morgan fingerprint density at radius 2 is 1.81 bits per heavy atom. The maximum atomic E-state index is 14.8. The topological polar surface area (TPSA) is 158 Å². The normalized spacial score (nSPS) is 29.9. The highest BCUT2D eigenvalue weighted by molar-refractivity contribution is 7.91. The summed E-state index contributed by atoms with van der Waals surface area (Å²) in [6, 6.07) is 6.17. The Bertz CT molecular complexity index is 2040. The highest BCUT2D eigenvalue weighted by Gasteiger charge is 2.63. The van der Waals surface area contributed by atoms with Crippen molar-refractivity contribution in [2.45, 2.75) is 128 Å². The zero-order chi connectivity index (χ0) is 42.2. The Kier molecular flexibility index (Phi) is 12.6. The molecule has 6 rings (SSSR count). The largest absolute Gasteiger partial charge is 0.491 e. The van der Waals surface area contributed by atoms with Crippen molar-refractivity contribution >= 4 is 44.4 Å². The summed E-state index contributed by atoms with van der Waals surface area (Å²) in [6.45, 7) is 8.36. The third kappa shape index (κ3) is 9.31. The minimum Gasteiger partial charge on any atom is -0.491 e. The number of aromatic nitrogens is 1. The van der Waals surface area contributed by atoms with E-state index in [1.54, 1.807) is 20.0 Å². The van der Waals surface area contributed by atoms with Crippen LogP contribution in [-0.2, 0) is 33.9 Å². The van der Waals surface area contributed by atoms with Gasteiger partial charge in [-0.2, -0.15) is 13.2 Å². The number of carbonyl (C=O) groups is 4. The lowest BCUT2D eigenvalue weighted by molar-refractivity contribution is -0.216. The standard InChI is InChI=1S/C42H54F3N3O9S/c1-6-17-55-35-23-46-37(31-14-10-9-13-30(31)35)57-29-19-33-34(49)22-41(39(52)47-58(53,54)40(5)15-16-40)21-28(41)12-8-7-11-25(2)18-26(3)32(38(51)48(33)24-29)20-36(50)56-27(4)42(43,44)45/h8-10,12-14,23,25-29,32-33H,6-7,11,15-22,24H2,1-5H3,(H,47,52)/b12-8-/t25-,26-,27-,28-,29-,32+,33+,41-/m1/s1. The number of esters is 1. The number of nitrogens with zero attached hydrogens (tertiary/aromatic N) is 2. The molecule has 2 amide bonds. The van der Waals surface area contributed by atoms with E-state index >= 15 is 0 Å². The number of hydrogen-bond acceptors (Lipinski definition) is 10. The highest BCUT2D eigenvalue weighted by Crippen LogP contribution is 2.58. The number of benzene rings is 1. The molecule has 3 heterocycles. The van der Waals surface area contributed by atoms with E-state index in [9.17, 15) is 40.8 Å². The number of hydrogen-bond donors (Lipinski definition) is 1. The summed E-state index contributed by atoms with van der Waals surface area (Å²) in [5.74, 6) is -4.32. The first-order valence-corrected chi connectivity index (χ1v) is 21.8. The van der Waals surface area contributed by atoms with Crippen LogP contribution in [0.3, 0.4) is 0 Å². The van der Waals surface area contributed by atoms with Crippen LogP contribution in [0.25, 0.3) is 10.8 Å². The van der Waals surface area contributed by atoms with Gasteiger partial charge < -0.3 is 19.1 Å². The minimum atomic E-state index is -4.80. The van der Waals surface area contributed by atoms with Crippen LogP contribution in [0.2, 0.25) is 0 Å². The lowest BCUT2D eigenvalue weighted by Gasteiger charge is -2.32. The number of fused-ring (bicyclic) bond motifs is 3. The number of amides is 2. The van der Waals surface area contributed by atoms with Crippen molar-refractivity contribution in [2.24, 2.45) is 29.1 Å². The van der Waals surface area contributed by atoms with Crippen LogP contribution in [-0.4, -0.2) is 84.2 Å². The quantitative estimate of drug-likeness (QED) is 0.188. The third-order valence-electron chi connectivity index (χ3n) is 12.4. The van der Waals surface area contributed by atoms with Crippen LogP contribution in [0.4, 0.5) is 13.2 Å². The zero-order valence-electron chi connectivity index (χ0n) is 33.7. The molecule has 0 spiro atoms. The summed E-state index contributed by atoms with van der Waals surface area (Å²) in [4.78, 5) is 62.3. The number of rotatable bonds is 11. The number of pyridine rings is 1. The zero-order valence-corrected chi connectivity index (χ0v) is 34.5. The SMILES string of the molecule is CCCOc1cnc(O[C@@H]2C[C@H]3C(=O)C[C@]4(C(=O)NS(=O)(=O)C5(C)CC5)C[C@H]4/C=C\CC[C@@H](C)C[C@@H](C)[C@H](CC(=O)O[C@H](C)C(F)(F)F)C(=O)N3C2)c2ccccc12. The van der Waals surface area contributed by atoms with E-state index in [2.05, 4.69) is 9.71 Å². The molecule has 8 atom stereocenters. The molecule has 1 aromatic heterocycles. The van der Waals surface area contributed by atoms with Gasteiger partial charge in [0.25, 0.3) is 0 Å². The first-order chi connectivity index (χ1) is 27.3. The number of ether oxygens (including phenoxy) is 3. The van der Waals surface area contributed by atoms with E-state index in [0.29, 0.717) is 49.8 Å². The van der Waals surface area contributed by atoms with E-state index in [0.717, 1.165) is 18.7 Å². The second-order valence-corrected chi connectivity index (χ2v) is 19.3. The first kappa shape index (κ1) is 43.4. The molecule has 58 heavy (non-hydrogen) atoms. The summed E-state index contributed by atoms with van der Waals surface area (Å²) < 4.78 is 85.0. The Morgan fingerprint density at radius 1 is 1.10 bits per heavy atom. The van der Waals surface area contributed by atoms with Gasteiger partial charge in [0.2, 0.25) is 27.7 Å². The van der Waals surface area contributed by atoms with E-state index < -0.39 is 92.4 Å². The van der Waals surface area contributed by atoms with Crippen LogP contribution in [0.1, 0.15) is 98.8 Å². The van der Waals surface area contributed by atoms with Crippen LogP contribution >= 0.6 is 0 Å². The molecule has 4 aliphatic rings. The van der Waals surface area contributed by atoms with Crippen molar-refractivity contribution in [3.63, 3.8) is 0 Å². The molecule has 3 fully saturated rings. The number of nitrogens with one attached hydrogen (secondary N) is 1. The molecule has 2 aliphatic heterocycles. The molecule has 318 valence electrons. The fraction of sp³-hybridized carbons (Fsp3) is 0.643. The molecular weight excluding hydrogens is 780 g/mol. The maximum Gasteiger partial charge on any atom is 0.425 e. The van der Waals surface area contributed by atoms with Crippen molar-refractivity contribution in [3.05, 3.63) is 42.6 Å².